The first-order valence-electron chi connectivity index (χ1n) is 6.10. The van der Waals surface area contributed by atoms with Crippen molar-refractivity contribution in [1.29, 1.82) is 0 Å². The summed E-state index contributed by atoms with van der Waals surface area (Å²) >= 11 is 7.91. The number of hydrogen-bond acceptors (Lipinski definition) is 2. The van der Waals surface area contributed by atoms with Crippen molar-refractivity contribution in [3.05, 3.63) is 63.9 Å². The van der Waals surface area contributed by atoms with Crippen LogP contribution in [0.5, 0.6) is 0 Å². The van der Waals surface area contributed by atoms with Gasteiger partial charge in [-0.2, -0.15) is 0 Å². The van der Waals surface area contributed by atoms with Crippen LogP contribution in [0.15, 0.2) is 46.9 Å². The fraction of sp³-hybridized carbons (Fsp3) is 0.0667. The molecule has 0 fully saturated rings. The van der Waals surface area contributed by atoms with Crippen LogP contribution in [0.2, 0.25) is 0 Å². The second-order valence-corrected chi connectivity index (χ2v) is 5.71. The molecule has 0 heterocycles. The minimum absolute atomic E-state index is 0.146. The molecule has 3 N–H and O–H groups in total. The van der Waals surface area contributed by atoms with Crippen molar-refractivity contribution >= 4 is 44.7 Å². The predicted octanol–water partition coefficient (Wildman–Crippen LogP) is 3.67. The Bertz CT molecular complexity index is 689. The molecule has 0 aliphatic rings. The second kappa shape index (κ2) is 6.78. The van der Waals surface area contributed by atoms with E-state index in [1.54, 1.807) is 18.2 Å². The number of nitrogens with one attached hydrogen (secondary N) is 1. The molecular weight excluding hydrogens is 355 g/mol. The van der Waals surface area contributed by atoms with E-state index in [1.165, 1.54) is 12.1 Å². The monoisotopic (exact) mass is 366 g/mol. The van der Waals surface area contributed by atoms with Gasteiger partial charge in [-0.15, -0.1) is 0 Å². The van der Waals surface area contributed by atoms with Crippen LogP contribution in [0, 0.1) is 5.82 Å². The smallest absolute Gasteiger partial charge is 0.256 e. The van der Waals surface area contributed by atoms with Crippen molar-refractivity contribution in [3.8, 4) is 0 Å². The molecule has 6 heteroatoms. The molecule has 1 amide bonds. The minimum atomic E-state index is -0.477. The van der Waals surface area contributed by atoms with Gasteiger partial charge in [0.1, 0.15) is 5.82 Å². The first kappa shape index (κ1) is 15.6. The molecule has 0 radical (unpaired) electrons. The Labute approximate surface area is 135 Å². The van der Waals surface area contributed by atoms with E-state index in [9.17, 15) is 9.18 Å². The number of nitrogens with two attached hydrogens (primary N) is 1. The summed E-state index contributed by atoms with van der Waals surface area (Å²) in [5, 5.41) is 2.71. The Morgan fingerprint density at radius 2 is 1.90 bits per heavy atom. The van der Waals surface area contributed by atoms with Gasteiger partial charge in [-0.3, -0.25) is 4.79 Å². The number of hydrogen-bond donors (Lipinski definition) is 2. The van der Waals surface area contributed by atoms with Crippen molar-refractivity contribution in [2.75, 3.05) is 5.32 Å². The number of benzene rings is 2. The summed E-state index contributed by atoms with van der Waals surface area (Å²) in [7, 11) is 0. The molecule has 3 nitrogen and oxygen atoms in total. The third-order valence-electron chi connectivity index (χ3n) is 2.79. The van der Waals surface area contributed by atoms with E-state index in [0.29, 0.717) is 17.1 Å². The highest BCUT2D eigenvalue weighted by molar-refractivity contribution is 9.10. The normalized spacial score (nSPS) is 10.2. The van der Waals surface area contributed by atoms with Crippen molar-refractivity contribution in [3.63, 3.8) is 0 Å². The quantitative estimate of drug-likeness (QED) is 0.811. The van der Waals surface area contributed by atoms with Gasteiger partial charge >= 0.3 is 0 Å². The molecule has 0 aliphatic carbocycles. The Hall–Kier alpha value is -1.79. The molecule has 0 aromatic heterocycles. The highest BCUT2D eigenvalue weighted by atomic mass is 79.9. The summed E-state index contributed by atoms with van der Waals surface area (Å²) in [5.41, 5.74) is 7.29. The van der Waals surface area contributed by atoms with E-state index in [4.69, 9.17) is 18.0 Å². The Balaban J connectivity index is 2.12. The molecule has 0 aliphatic heterocycles. The molecule has 2 aromatic carbocycles. The Morgan fingerprint density at radius 3 is 2.52 bits per heavy atom. The van der Waals surface area contributed by atoms with Crippen molar-refractivity contribution in [1.82, 2.24) is 0 Å². The van der Waals surface area contributed by atoms with Crippen molar-refractivity contribution in [2.24, 2.45) is 5.73 Å². The van der Waals surface area contributed by atoms with Crippen LogP contribution in [0.4, 0.5) is 10.1 Å². The van der Waals surface area contributed by atoms with Gasteiger partial charge in [0.2, 0.25) is 0 Å². The standard InChI is InChI=1S/C15H12BrFN2OS/c16-14-11(2-1-3-12(14)17)15(20)19-10-6-4-9(5-7-10)8-13(18)21/h1-7H,8H2,(H2,18,21)(H,19,20). The average Bonchev–Trinajstić information content (AvgIpc) is 2.43. The first-order chi connectivity index (χ1) is 9.97. The van der Waals surface area contributed by atoms with Crippen LogP contribution in [0.25, 0.3) is 0 Å². The number of halogens is 2. The number of carbonyl (C=O) groups is 1. The molecule has 0 spiro atoms. The summed E-state index contributed by atoms with van der Waals surface area (Å²) in [6.45, 7) is 0. The number of thiocarbonyl (C=S) groups is 1. The fourth-order valence-electron chi connectivity index (χ4n) is 1.78. The van der Waals surface area contributed by atoms with Gasteiger partial charge in [0, 0.05) is 12.1 Å². The van der Waals surface area contributed by atoms with Gasteiger partial charge in [-0.25, -0.2) is 4.39 Å². The number of anilines is 1. The van der Waals surface area contributed by atoms with Gasteiger partial charge in [0.15, 0.2) is 0 Å². The van der Waals surface area contributed by atoms with Gasteiger partial charge in [0.25, 0.3) is 5.91 Å². The van der Waals surface area contributed by atoms with Crippen LogP contribution >= 0.6 is 28.1 Å². The van der Waals surface area contributed by atoms with E-state index in [1.807, 2.05) is 12.1 Å². The highest BCUT2D eigenvalue weighted by Crippen LogP contribution is 2.21. The van der Waals surface area contributed by atoms with E-state index >= 15 is 0 Å². The molecule has 108 valence electrons. The van der Waals surface area contributed by atoms with Crippen LogP contribution in [-0.2, 0) is 6.42 Å². The number of carbonyl (C=O) groups excluding carboxylic acids is 1. The second-order valence-electron chi connectivity index (χ2n) is 4.40. The van der Waals surface area contributed by atoms with Crippen LogP contribution in [-0.4, -0.2) is 10.9 Å². The summed E-state index contributed by atoms with van der Waals surface area (Å²) < 4.78 is 13.5. The largest absolute Gasteiger partial charge is 0.393 e. The highest BCUT2D eigenvalue weighted by Gasteiger charge is 2.13. The zero-order valence-electron chi connectivity index (χ0n) is 10.9. The summed E-state index contributed by atoms with van der Waals surface area (Å²) in [6, 6.07) is 11.5. The summed E-state index contributed by atoms with van der Waals surface area (Å²) in [6.07, 6.45) is 0.513. The molecule has 21 heavy (non-hydrogen) atoms. The van der Waals surface area contributed by atoms with Gasteiger partial charge in [0.05, 0.1) is 15.0 Å². The topological polar surface area (TPSA) is 55.1 Å². The van der Waals surface area contributed by atoms with Crippen molar-refractivity contribution in [2.45, 2.75) is 6.42 Å². The third-order valence-corrected chi connectivity index (χ3v) is 3.74. The lowest BCUT2D eigenvalue weighted by Crippen LogP contribution is -2.13. The van der Waals surface area contributed by atoms with E-state index < -0.39 is 5.82 Å². The lowest BCUT2D eigenvalue weighted by Gasteiger charge is -2.08. The number of amides is 1. The Morgan fingerprint density at radius 1 is 1.24 bits per heavy atom. The molecule has 0 unspecified atom stereocenters. The molecule has 2 rings (SSSR count). The predicted molar refractivity (Wildman–Crippen MR) is 89.0 cm³/mol. The maximum Gasteiger partial charge on any atom is 0.256 e. The SMILES string of the molecule is NC(=S)Cc1ccc(NC(=O)c2cccc(F)c2Br)cc1. The third kappa shape index (κ3) is 4.09. The van der Waals surface area contributed by atoms with E-state index in [0.717, 1.165) is 5.56 Å². The molecule has 0 atom stereocenters. The van der Waals surface area contributed by atoms with Crippen LogP contribution in [0.1, 0.15) is 15.9 Å². The summed E-state index contributed by atoms with van der Waals surface area (Å²) in [4.78, 5) is 12.5. The lowest BCUT2D eigenvalue weighted by atomic mass is 10.1. The first-order valence-corrected chi connectivity index (χ1v) is 7.30. The van der Waals surface area contributed by atoms with Gasteiger partial charge in [-0.1, -0.05) is 30.4 Å². The Kier molecular flexibility index (Phi) is 5.03. The zero-order chi connectivity index (χ0) is 15.4. The van der Waals surface area contributed by atoms with E-state index in [2.05, 4.69) is 21.2 Å². The van der Waals surface area contributed by atoms with Gasteiger partial charge < -0.3 is 11.1 Å². The molecular formula is C15H12BrFN2OS. The van der Waals surface area contributed by atoms with Crippen LogP contribution in [0.3, 0.4) is 0 Å². The maximum atomic E-state index is 13.4. The molecule has 0 saturated heterocycles. The number of rotatable bonds is 4. The zero-order valence-corrected chi connectivity index (χ0v) is 13.3. The molecule has 0 bridgehead atoms. The average molecular weight is 367 g/mol. The van der Waals surface area contributed by atoms with Crippen molar-refractivity contribution < 1.29 is 9.18 Å². The summed E-state index contributed by atoms with van der Waals surface area (Å²) in [5.74, 6) is -0.863. The van der Waals surface area contributed by atoms with Gasteiger partial charge in [-0.05, 0) is 45.8 Å². The fourth-order valence-corrected chi connectivity index (χ4v) is 2.40. The van der Waals surface area contributed by atoms with Crippen LogP contribution < -0.4 is 11.1 Å². The molecule has 2 aromatic rings. The minimum Gasteiger partial charge on any atom is -0.393 e. The lowest BCUT2D eigenvalue weighted by molar-refractivity contribution is 0.102. The molecule has 0 saturated carbocycles. The maximum absolute atomic E-state index is 13.4. The van der Waals surface area contributed by atoms with E-state index in [-0.39, 0.29) is 15.9 Å².